The zero-order valence-electron chi connectivity index (χ0n) is 22.4. The van der Waals surface area contributed by atoms with Gasteiger partial charge in [-0.25, -0.2) is 12.8 Å². The topological polar surface area (TPSA) is 57.2 Å². The Morgan fingerprint density at radius 1 is 0.581 bits per heavy atom. The van der Waals surface area contributed by atoms with Gasteiger partial charge in [0.2, 0.25) is 0 Å². The Morgan fingerprint density at radius 3 is 1.14 bits per heavy atom. The van der Waals surface area contributed by atoms with Crippen molar-refractivity contribution in [2.24, 2.45) is 0 Å². The molecule has 0 saturated carbocycles. The highest BCUT2D eigenvalue weighted by Gasteiger charge is 2.94. The highest BCUT2D eigenvalue weighted by molar-refractivity contribution is 7.86. The molecule has 0 spiro atoms. The molecule has 0 radical (unpaired) electrons. The summed E-state index contributed by atoms with van der Waals surface area (Å²) in [7, 11) is -8.13. The summed E-state index contributed by atoms with van der Waals surface area (Å²) in [6.07, 6.45) is -16.8. The summed E-state index contributed by atoms with van der Waals surface area (Å²) in [5, 5.41) is -7.92. The molecule has 4 nitrogen and oxygen atoms in total. The molecule has 0 heterocycles. The molecule has 0 aromatic carbocycles. The van der Waals surface area contributed by atoms with Crippen molar-refractivity contribution >= 4 is 10.1 Å². The van der Waals surface area contributed by atoms with E-state index in [1.165, 1.54) is 30.7 Å². The van der Waals surface area contributed by atoms with Gasteiger partial charge >= 0.3 is 47.0 Å². The van der Waals surface area contributed by atoms with Gasteiger partial charge in [-0.15, -0.1) is 0 Å². The first kappa shape index (κ1) is 43.7. The first-order valence-electron chi connectivity index (χ1n) is 11.8. The van der Waals surface area contributed by atoms with Crippen molar-refractivity contribution in [1.82, 2.24) is 0 Å². The van der Waals surface area contributed by atoms with Crippen LogP contribution in [0.2, 0.25) is 0 Å². The molecule has 0 fully saturated rings. The van der Waals surface area contributed by atoms with E-state index in [1.807, 2.05) is 0 Å². The van der Waals surface area contributed by atoms with Crippen LogP contribution in [-0.4, -0.2) is 96.8 Å². The van der Waals surface area contributed by atoms with Gasteiger partial charge in [0, 0.05) is 6.42 Å². The van der Waals surface area contributed by atoms with Gasteiger partial charge in [0.1, 0.15) is 0 Å². The van der Waals surface area contributed by atoms with Crippen molar-refractivity contribution < 1.29 is 96.5 Å². The molecular formula is C20H27F18NO3S. The lowest BCUT2D eigenvalue weighted by atomic mass is 9.89. The smallest absolute Gasteiger partial charge is 0.402 e. The van der Waals surface area contributed by atoms with Gasteiger partial charge in [0.05, 0.1) is 26.2 Å². The van der Waals surface area contributed by atoms with E-state index < -0.39 is 82.5 Å². The maximum Gasteiger partial charge on any atom is 0.402 e. The fourth-order valence-corrected chi connectivity index (χ4v) is 3.78. The van der Waals surface area contributed by atoms with E-state index in [2.05, 4.69) is 27.7 Å². The van der Waals surface area contributed by atoms with Crippen LogP contribution in [0.3, 0.4) is 0 Å². The van der Waals surface area contributed by atoms with Crippen molar-refractivity contribution in [3.05, 3.63) is 0 Å². The van der Waals surface area contributed by atoms with Crippen LogP contribution in [0.15, 0.2) is 0 Å². The average molecular weight is 703 g/mol. The molecule has 0 bridgehead atoms. The third-order valence-electron chi connectivity index (χ3n) is 6.67. The largest absolute Gasteiger partial charge is 0.743 e. The van der Waals surface area contributed by atoms with Crippen LogP contribution < -0.4 is 0 Å². The molecule has 0 aromatic heterocycles. The molecule has 1 unspecified atom stereocenters. The van der Waals surface area contributed by atoms with Crippen LogP contribution in [0.1, 0.15) is 47.0 Å². The van der Waals surface area contributed by atoms with E-state index in [1.54, 1.807) is 0 Å². The SMILES string of the molecule is CC[N+](CC)(CC)CC.O=S(=O)([O-])C(F)(F)C(F)(F)C(F)(F)C(F)(F)C(F)(F)C(F)(F)C(F)(F)C(F)CCCC(F)(F)F. The second-order valence-corrected chi connectivity index (χ2v) is 10.5. The highest BCUT2D eigenvalue weighted by atomic mass is 32.2. The number of quaternary nitrogens is 1. The first-order valence-corrected chi connectivity index (χ1v) is 13.2. The molecule has 0 saturated heterocycles. The Bertz CT molecular complexity index is 976. The number of nitrogens with zero attached hydrogens (tertiary/aromatic N) is 1. The van der Waals surface area contributed by atoms with Crippen molar-refractivity contribution in [2.45, 2.75) is 100 Å². The molecule has 262 valence electrons. The Kier molecular flexibility index (Phi) is 13.8. The number of rotatable bonds is 15. The van der Waals surface area contributed by atoms with Gasteiger partial charge in [-0.05, 0) is 40.5 Å². The van der Waals surface area contributed by atoms with Crippen molar-refractivity contribution in [1.29, 1.82) is 0 Å². The summed E-state index contributed by atoms with van der Waals surface area (Å²) >= 11 is 0. The fraction of sp³-hybridized carbons (Fsp3) is 1.00. The molecular weight excluding hydrogens is 676 g/mol. The molecule has 0 aliphatic heterocycles. The zero-order chi connectivity index (χ0) is 35.5. The van der Waals surface area contributed by atoms with Gasteiger partial charge in [-0.1, -0.05) is 0 Å². The number of hydrogen-bond acceptors (Lipinski definition) is 3. The molecule has 0 aromatic rings. The third kappa shape index (κ3) is 8.07. The quantitative estimate of drug-likeness (QED) is 0.0991. The highest BCUT2D eigenvalue weighted by Crippen LogP contribution is 2.63. The second-order valence-electron chi connectivity index (χ2n) is 9.05. The van der Waals surface area contributed by atoms with E-state index in [9.17, 15) is 92.0 Å². The van der Waals surface area contributed by atoms with Crippen LogP contribution in [0.5, 0.6) is 0 Å². The van der Waals surface area contributed by atoms with E-state index in [-0.39, 0.29) is 0 Å². The molecule has 0 rings (SSSR count). The predicted molar refractivity (Wildman–Crippen MR) is 112 cm³/mol. The van der Waals surface area contributed by atoms with E-state index in [0.29, 0.717) is 0 Å². The minimum Gasteiger partial charge on any atom is -0.743 e. The molecule has 0 amide bonds. The molecule has 23 heteroatoms. The van der Waals surface area contributed by atoms with E-state index >= 15 is 0 Å². The predicted octanol–water partition coefficient (Wildman–Crippen LogP) is 7.89. The van der Waals surface area contributed by atoms with Gasteiger partial charge < -0.3 is 9.04 Å². The van der Waals surface area contributed by atoms with Gasteiger partial charge in [0.25, 0.3) is 0 Å². The summed E-state index contributed by atoms with van der Waals surface area (Å²) in [5.74, 6) is -50.1. The second kappa shape index (κ2) is 13.5. The van der Waals surface area contributed by atoms with Crippen LogP contribution in [0, 0.1) is 0 Å². The maximum absolute atomic E-state index is 13.4. The summed E-state index contributed by atoms with van der Waals surface area (Å²) in [6, 6.07) is 0. The van der Waals surface area contributed by atoms with Crippen molar-refractivity contribution in [2.75, 3.05) is 26.2 Å². The Morgan fingerprint density at radius 2 is 0.884 bits per heavy atom. The standard InChI is InChI=1S/C12H8F18O3S.C8H20N/c13-4(2-1-3-5(14,15)16)6(17,18)7(19,20)8(21,22)9(23,24)10(25,26)11(27,28)12(29,30)34(31,32)33;1-5-9(6-2,7-3)8-4/h4H,1-3H2,(H,31,32,33);5-8H2,1-4H3/q;+1/p-1. The Labute approximate surface area is 233 Å². The number of hydrogen-bond donors (Lipinski definition) is 0. The number of halogens is 18. The minimum atomic E-state index is -8.77. The molecule has 43 heavy (non-hydrogen) atoms. The van der Waals surface area contributed by atoms with Crippen LogP contribution in [0.4, 0.5) is 79.0 Å². The maximum atomic E-state index is 13.4. The molecule has 0 N–H and O–H groups in total. The van der Waals surface area contributed by atoms with Crippen molar-refractivity contribution in [3.63, 3.8) is 0 Å². The Balaban J connectivity index is 0. The molecule has 0 aliphatic rings. The lowest BCUT2D eigenvalue weighted by Crippen LogP contribution is -2.74. The monoisotopic (exact) mass is 703 g/mol. The van der Waals surface area contributed by atoms with E-state index in [4.69, 9.17) is 0 Å². The average Bonchev–Trinajstić information content (AvgIpc) is 2.83. The third-order valence-corrected chi connectivity index (χ3v) is 7.55. The zero-order valence-corrected chi connectivity index (χ0v) is 23.2. The van der Waals surface area contributed by atoms with Crippen LogP contribution >= 0.6 is 0 Å². The first-order chi connectivity index (χ1) is 18.6. The van der Waals surface area contributed by atoms with Crippen molar-refractivity contribution in [3.8, 4) is 0 Å². The van der Waals surface area contributed by atoms with Gasteiger partial charge in [-0.3, -0.25) is 0 Å². The summed E-state index contributed by atoms with van der Waals surface area (Å²) < 4.78 is 266. The molecule has 0 aliphatic carbocycles. The number of alkyl halides is 18. The van der Waals surface area contributed by atoms with Gasteiger partial charge in [-0.2, -0.15) is 74.6 Å². The lowest BCUT2D eigenvalue weighted by molar-refractivity contribution is -0.921. The fourth-order valence-electron chi connectivity index (χ4n) is 3.34. The summed E-state index contributed by atoms with van der Waals surface area (Å²) in [4.78, 5) is 0. The van der Waals surface area contributed by atoms with E-state index in [0.717, 1.165) is 0 Å². The normalized spacial score (nSPS) is 16.1. The van der Waals surface area contributed by atoms with Crippen LogP contribution in [0.25, 0.3) is 0 Å². The van der Waals surface area contributed by atoms with Crippen LogP contribution in [-0.2, 0) is 10.1 Å². The minimum absolute atomic E-state index is 1.28. The summed E-state index contributed by atoms with van der Waals surface area (Å²) in [5.41, 5.74) is 0. The Hall–Kier alpha value is -1.39. The lowest BCUT2D eigenvalue weighted by Gasteiger charge is -2.43. The molecule has 1 atom stereocenters. The van der Waals surface area contributed by atoms with Gasteiger partial charge in [0.15, 0.2) is 16.3 Å². The summed E-state index contributed by atoms with van der Waals surface area (Å²) in [6.45, 7) is 14.2.